The summed E-state index contributed by atoms with van der Waals surface area (Å²) in [6.45, 7) is 5.42. The van der Waals surface area contributed by atoms with Crippen LogP contribution in [0.15, 0.2) is 0 Å². The zero-order chi connectivity index (χ0) is 31.1. The van der Waals surface area contributed by atoms with Crippen molar-refractivity contribution >= 4 is 11.9 Å². The second kappa shape index (κ2) is 29.6. The first-order chi connectivity index (χ1) is 21.2. The molecule has 0 bridgehead atoms. The molecule has 0 unspecified atom stereocenters. The third-order valence-electron chi connectivity index (χ3n) is 9.70. The minimum atomic E-state index is -1.04. The van der Waals surface area contributed by atoms with Gasteiger partial charge in [0.2, 0.25) is 0 Å². The summed E-state index contributed by atoms with van der Waals surface area (Å²) in [5.74, 6) is -0.656. The van der Waals surface area contributed by atoms with Gasteiger partial charge in [-0.15, -0.1) is 0 Å². The minimum Gasteiger partial charge on any atom is -0.465 e. The molecule has 4 heteroatoms. The number of carbonyl (C=O) groups excluding carboxylic acids is 2. The van der Waals surface area contributed by atoms with E-state index in [4.69, 9.17) is 9.47 Å². The van der Waals surface area contributed by atoms with Crippen LogP contribution in [0.2, 0.25) is 0 Å². The van der Waals surface area contributed by atoms with Crippen LogP contribution in [0.1, 0.15) is 219 Å². The molecule has 0 amide bonds. The highest BCUT2D eigenvalue weighted by atomic mass is 16.6. The van der Waals surface area contributed by atoms with E-state index in [1.54, 1.807) is 0 Å². The zero-order valence-corrected chi connectivity index (χ0v) is 29.2. The number of rotatable bonds is 32. The lowest BCUT2D eigenvalue weighted by atomic mass is 9.86. The van der Waals surface area contributed by atoms with Crippen LogP contribution in [0.25, 0.3) is 0 Å². The topological polar surface area (TPSA) is 52.6 Å². The number of esters is 2. The van der Waals surface area contributed by atoms with E-state index >= 15 is 0 Å². The lowest BCUT2D eigenvalue weighted by molar-refractivity contribution is -0.172. The van der Waals surface area contributed by atoms with Crippen LogP contribution < -0.4 is 0 Å². The van der Waals surface area contributed by atoms with Crippen molar-refractivity contribution < 1.29 is 19.1 Å². The average Bonchev–Trinajstić information content (AvgIpc) is 3.52. The molecule has 0 aromatic heterocycles. The van der Waals surface area contributed by atoms with Gasteiger partial charge in [0.1, 0.15) is 0 Å². The molecule has 4 nitrogen and oxygen atoms in total. The van der Waals surface area contributed by atoms with E-state index in [0.29, 0.717) is 26.1 Å². The molecule has 1 fully saturated rings. The van der Waals surface area contributed by atoms with Gasteiger partial charge in [-0.25, -0.2) is 0 Å². The lowest BCUT2D eigenvalue weighted by Crippen LogP contribution is -2.40. The summed E-state index contributed by atoms with van der Waals surface area (Å²) in [5, 5.41) is 0. The third kappa shape index (κ3) is 21.3. The van der Waals surface area contributed by atoms with Gasteiger partial charge in [0, 0.05) is 0 Å². The second-order valence-electron chi connectivity index (χ2n) is 13.8. The van der Waals surface area contributed by atoms with Gasteiger partial charge in [-0.2, -0.15) is 0 Å². The van der Waals surface area contributed by atoms with Crippen LogP contribution in [0, 0.1) is 5.41 Å². The van der Waals surface area contributed by atoms with Crippen molar-refractivity contribution in [2.45, 2.75) is 219 Å². The van der Waals surface area contributed by atoms with Gasteiger partial charge in [0.25, 0.3) is 0 Å². The minimum absolute atomic E-state index is 0.328. The Morgan fingerprint density at radius 3 is 0.884 bits per heavy atom. The van der Waals surface area contributed by atoms with Crippen LogP contribution >= 0.6 is 0 Å². The Bertz CT molecular complexity index is 577. The van der Waals surface area contributed by atoms with Gasteiger partial charge in [0.15, 0.2) is 5.41 Å². The van der Waals surface area contributed by atoms with Crippen LogP contribution in [-0.4, -0.2) is 25.2 Å². The highest BCUT2D eigenvalue weighted by molar-refractivity contribution is 6.00. The highest BCUT2D eigenvalue weighted by Crippen LogP contribution is 2.40. The summed E-state index contributed by atoms with van der Waals surface area (Å²) < 4.78 is 11.3. The molecule has 0 aromatic carbocycles. The fraction of sp³-hybridized carbons (Fsp3) is 0.949. The van der Waals surface area contributed by atoms with Crippen LogP contribution in [0.3, 0.4) is 0 Å². The SMILES string of the molecule is CCCCCCCCCCCCCCCCOC(=O)C1(C(=O)OCCCCCCCCCCCCCCCC)CCCC1. The van der Waals surface area contributed by atoms with Crippen LogP contribution in [-0.2, 0) is 19.1 Å². The first-order valence-corrected chi connectivity index (χ1v) is 19.5. The maximum absolute atomic E-state index is 13.0. The molecular weight excluding hydrogens is 532 g/mol. The predicted molar refractivity (Wildman–Crippen MR) is 183 cm³/mol. The number of carbonyl (C=O) groups is 2. The molecule has 0 aromatic rings. The van der Waals surface area contributed by atoms with E-state index in [-0.39, 0.29) is 11.9 Å². The fourth-order valence-corrected chi connectivity index (χ4v) is 6.67. The first kappa shape index (κ1) is 40.0. The molecule has 43 heavy (non-hydrogen) atoms. The number of hydrogen-bond acceptors (Lipinski definition) is 4. The Labute approximate surface area is 268 Å². The molecule has 0 spiro atoms. The van der Waals surface area contributed by atoms with Gasteiger partial charge in [0.05, 0.1) is 13.2 Å². The average molecular weight is 607 g/mol. The van der Waals surface area contributed by atoms with Crippen LogP contribution in [0.5, 0.6) is 0 Å². The third-order valence-corrected chi connectivity index (χ3v) is 9.70. The van der Waals surface area contributed by atoms with Crippen molar-refractivity contribution in [3.05, 3.63) is 0 Å². The molecule has 0 aliphatic heterocycles. The molecular formula is C39H74O4. The van der Waals surface area contributed by atoms with Gasteiger partial charge >= 0.3 is 11.9 Å². The summed E-state index contributed by atoms with van der Waals surface area (Å²) in [6.07, 6.45) is 39.6. The Kier molecular flexibility index (Phi) is 27.5. The van der Waals surface area contributed by atoms with E-state index in [1.165, 1.54) is 154 Å². The number of ether oxygens (including phenoxy) is 2. The highest BCUT2D eigenvalue weighted by Gasteiger charge is 2.50. The van der Waals surface area contributed by atoms with Gasteiger partial charge in [-0.05, 0) is 25.7 Å². The van der Waals surface area contributed by atoms with E-state index in [1.807, 2.05) is 0 Å². The molecule has 0 heterocycles. The van der Waals surface area contributed by atoms with E-state index in [9.17, 15) is 9.59 Å². The van der Waals surface area contributed by atoms with E-state index < -0.39 is 5.41 Å². The predicted octanol–water partition coefficient (Wildman–Crippen LogP) is 12.6. The summed E-state index contributed by atoms with van der Waals surface area (Å²) >= 11 is 0. The molecule has 1 aliphatic rings. The molecule has 0 radical (unpaired) electrons. The molecule has 0 atom stereocenters. The number of unbranched alkanes of at least 4 members (excludes halogenated alkanes) is 26. The Hall–Kier alpha value is -1.06. The molecule has 1 rings (SSSR count). The van der Waals surface area contributed by atoms with E-state index in [0.717, 1.165) is 38.5 Å². The molecule has 254 valence electrons. The van der Waals surface area contributed by atoms with Gasteiger partial charge < -0.3 is 9.47 Å². The van der Waals surface area contributed by atoms with Gasteiger partial charge in [-0.1, -0.05) is 194 Å². The smallest absolute Gasteiger partial charge is 0.323 e. The zero-order valence-electron chi connectivity index (χ0n) is 29.2. The van der Waals surface area contributed by atoms with Crippen molar-refractivity contribution in [2.75, 3.05) is 13.2 Å². The van der Waals surface area contributed by atoms with Crippen molar-refractivity contribution in [2.24, 2.45) is 5.41 Å². The van der Waals surface area contributed by atoms with Gasteiger partial charge in [-0.3, -0.25) is 9.59 Å². The lowest BCUT2D eigenvalue weighted by Gasteiger charge is -2.24. The summed E-state index contributed by atoms with van der Waals surface area (Å²) in [7, 11) is 0. The van der Waals surface area contributed by atoms with Crippen molar-refractivity contribution in [1.82, 2.24) is 0 Å². The van der Waals surface area contributed by atoms with Crippen LogP contribution in [0.4, 0.5) is 0 Å². The number of hydrogen-bond donors (Lipinski definition) is 0. The monoisotopic (exact) mass is 607 g/mol. The summed E-state index contributed by atoms with van der Waals surface area (Å²) in [6, 6.07) is 0. The standard InChI is InChI=1S/C39H74O4/c1-3-5-7-9-11-13-15-17-19-21-23-25-27-31-35-42-37(40)39(33-29-30-34-39)38(41)43-36-32-28-26-24-22-20-18-16-14-12-10-8-6-4-2/h3-36H2,1-2H3. The fourth-order valence-electron chi connectivity index (χ4n) is 6.67. The van der Waals surface area contributed by atoms with Crippen molar-refractivity contribution in [3.63, 3.8) is 0 Å². The normalized spacial score (nSPS) is 14.3. The van der Waals surface area contributed by atoms with Crippen molar-refractivity contribution in [1.29, 1.82) is 0 Å². The largest absolute Gasteiger partial charge is 0.465 e. The Morgan fingerprint density at radius 1 is 0.395 bits per heavy atom. The molecule has 1 aliphatic carbocycles. The van der Waals surface area contributed by atoms with E-state index in [2.05, 4.69) is 13.8 Å². The Balaban J connectivity index is 2.00. The first-order valence-electron chi connectivity index (χ1n) is 19.5. The summed E-state index contributed by atoms with van der Waals surface area (Å²) in [5.41, 5.74) is -1.04. The van der Waals surface area contributed by atoms with Crippen molar-refractivity contribution in [3.8, 4) is 0 Å². The maximum atomic E-state index is 13.0. The molecule has 1 saturated carbocycles. The quantitative estimate of drug-likeness (QED) is 0.0434. The second-order valence-corrected chi connectivity index (χ2v) is 13.8. The molecule has 0 saturated heterocycles. The molecule has 0 N–H and O–H groups in total. The maximum Gasteiger partial charge on any atom is 0.323 e. The summed E-state index contributed by atoms with van der Waals surface area (Å²) in [4.78, 5) is 26.0. The Morgan fingerprint density at radius 2 is 0.628 bits per heavy atom.